The molecule has 1 rings (SSSR count). The van der Waals surface area contributed by atoms with E-state index in [0.717, 1.165) is 18.4 Å². The summed E-state index contributed by atoms with van der Waals surface area (Å²) in [5.74, 6) is -1.05. The average molecular weight is 390 g/mol. The second kappa shape index (κ2) is 8.54. The lowest BCUT2D eigenvalue weighted by atomic mass is 10.1. The number of hydrogen-bond acceptors (Lipinski definition) is 4. The highest BCUT2D eigenvalue weighted by atomic mass is 35.5. The zero-order valence-corrected chi connectivity index (χ0v) is 14.8. The van der Waals surface area contributed by atoms with E-state index in [4.69, 9.17) is 0 Å². The molecule has 0 saturated heterocycles. The SMILES string of the molecule is CNCC(C)C(=O)Nc1cc(C(F)(F)F)ccc1NS(C)(=O)=O.Cl. The molecule has 1 aromatic rings. The number of carbonyl (C=O) groups excluding carboxylic acids is 1. The molecule has 6 nitrogen and oxygen atoms in total. The Hall–Kier alpha value is -1.52. The molecule has 138 valence electrons. The third-order valence-electron chi connectivity index (χ3n) is 2.86. The van der Waals surface area contributed by atoms with E-state index in [1.807, 2.05) is 0 Å². The summed E-state index contributed by atoms with van der Waals surface area (Å²) in [6, 6.07) is 2.39. The van der Waals surface area contributed by atoms with Crippen molar-refractivity contribution in [2.45, 2.75) is 13.1 Å². The second-order valence-corrected chi connectivity index (χ2v) is 6.83. The number of hydrogen-bond donors (Lipinski definition) is 3. The van der Waals surface area contributed by atoms with Gasteiger partial charge in [-0.2, -0.15) is 13.2 Å². The Morgan fingerprint density at radius 1 is 1.25 bits per heavy atom. The van der Waals surface area contributed by atoms with Crippen LogP contribution in [0.15, 0.2) is 18.2 Å². The van der Waals surface area contributed by atoms with Crippen molar-refractivity contribution in [2.24, 2.45) is 5.92 Å². The van der Waals surface area contributed by atoms with Crippen molar-refractivity contribution in [2.75, 3.05) is 29.9 Å². The van der Waals surface area contributed by atoms with Crippen molar-refractivity contribution in [1.82, 2.24) is 5.32 Å². The number of halogens is 4. The summed E-state index contributed by atoms with van der Waals surface area (Å²) in [5.41, 5.74) is -1.38. The lowest BCUT2D eigenvalue weighted by molar-refractivity contribution is -0.137. The highest BCUT2D eigenvalue weighted by molar-refractivity contribution is 7.92. The van der Waals surface area contributed by atoms with Gasteiger partial charge in [-0.05, 0) is 25.2 Å². The summed E-state index contributed by atoms with van der Waals surface area (Å²) in [7, 11) is -2.08. The predicted molar refractivity (Wildman–Crippen MR) is 88.9 cm³/mol. The first kappa shape index (κ1) is 22.5. The van der Waals surface area contributed by atoms with Crippen LogP contribution in [0.25, 0.3) is 0 Å². The third kappa shape index (κ3) is 6.93. The molecular weight excluding hydrogens is 371 g/mol. The van der Waals surface area contributed by atoms with E-state index in [9.17, 15) is 26.4 Å². The van der Waals surface area contributed by atoms with Crippen LogP contribution in [0.1, 0.15) is 12.5 Å². The standard InChI is InChI=1S/C13H18F3N3O3S.ClH/c1-8(7-17-2)12(20)18-11-6-9(13(14,15)16)4-5-10(11)19-23(3,21)22;/h4-6,8,17,19H,7H2,1-3H3,(H,18,20);1H. The molecule has 0 bridgehead atoms. The highest BCUT2D eigenvalue weighted by Crippen LogP contribution is 2.34. The van der Waals surface area contributed by atoms with E-state index in [0.29, 0.717) is 12.6 Å². The maximum atomic E-state index is 12.8. The molecule has 0 heterocycles. The lowest BCUT2D eigenvalue weighted by Crippen LogP contribution is -2.29. The maximum Gasteiger partial charge on any atom is 0.416 e. The number of anilines is 2. The van der Waals surface area contributed by atoms with Gasteiger partial charge in [-0.15, -0.1) is 12.4 Å². The van der Waals surface area contributed by atoms with E-state index in [1.165, 1.54) is 0 Å². The lowest BCUT2D eigenvalue weighted by Gasteiger charge is -2.17. The summed E-state index contributed by atoms with van der Waals surface area (Å²) < 4.78 is 63.1. The highest BCUT2D eigenvalue weighted by Gasteiger charge is 2.31. The van der Waals surface area contributed by atoms with Crippen LogP contribution in [0.2, 0.25) is 0 Å². The molecule has 24 heavy (non-hydrogen) atoms. The molecule has 3 N–H and O–H groups in total. The summed E-state index contributed by atoms with van der Waals surface area (Å²) in [6.45, 7) is 1.91. The zero-order chi connectivity index (χ0) is 17.8. The van der Waals surface area contributed by atoms with Crippen LogP contribution in [0, 0.1) is 5.92 Å². The van der Waals surface area contributed by atoms with E-state index in [-0.39, 0.29) is 23.8 Å². The maximum absolute atomic E-state index is 12.8. The van der Waals surface area contributed by atoms with Gasteiger partial charge in [0.2, 0.25) is 15.9 Å². The van der Waals surface area contributed by atoms with E-state index >= 15 is 0 Å². The van der Waals surface area contributed by atoms with Crippen LogP contribution in [0.4, 0.5) is 24.5 Å². The molecule has 1 amide bonds. The van der Waals surface area contributed by atoms with E-state index in [2.05, 4.69) is 15.4 Å². The molecule has 0 saturated carbocycles. The minimum absolute atomic E-state index is 0. The fourth-order valence-corrected chi connectivity index (χ4v) is 2.35. The molecule has 0 aromatic heterocycles. The van der Waals surface area contributed by atoms with Gasteiger partial charge in [0.25, 0.3) is 0 Å². The molecule has 11 heteroatoms. The summed E-state index contributed by atoms with van der Waals surface area (Å²) >= 11 is 0. The number of carbonyl (C=O) groups is 1. The fourth-order valence-electron chi connectivity index (χ4n) is 1.77. The normalized spacial score (nSPS) is 12.9. The summed E-state index contributed by atoms with van der Waals surface area (Å²) in [6.07, 6.45) is -3.75. The van der Waals surface area contributed by atoms with Gasteiger partial charge in [0.05, 0.1) is 23.2 Å². The smallest absolute Gasteiger partial charge is 0.324 e. The van der Waals surface area contributed by atoms with Crippen LogP contribution in [-0.4, -0.2) is 34.2 Å². The van der Waals surface area contributed by atoms with Gasteiger partial charge in [-0.25, -0.2) is 8.42 Å². The minimum Gasteiger partial charge on any atom is -0.324 e. The van der Waals surface area contributed by atoms with Gasteiger partial charge in [-0.3, -0.25) is 9.52 Å². The minimum atomic E-state index is -4.61. The summed E-state index contributed by atoms with van der Waals surface area (Å²) in [5, 5.41) is 5.09. The molecule has 0 fully saturated rings. The van der Waals surface area contributed by atoms with Gasteiger partial charge in [0.1, 0.15) is 0 Å². The first-order chi connectivity index (χ1) is 10.4. The van der Waals surface area contributed by atoms with Crippen LogP contribution in [-0.2, 0) is 21.0 Å². The molecular formula is C13H19ClF3N3O3S. The first-order valence-corrected chi connectivity index (χ1v) is 8.47. The Morgan fingerprint density at radius 2 is 1.83 bits per heavy atom. The molecule has 0 aliphatic heterocycles. The molecule has 1 atom stereocenters. The van der Waals surface area contributed by atoms with Crippen molar-refractivity contribution in [3.05, 3.63) is 23.8 Å². The third-order valence-corrected chi connectivity index (χ3v) is 3.45. The van der Waals surface area contributed by atoms with Crippen molar-refractivity contribution >= 4 is 39.7 Å². The Morgan fingerprint density at radius 3 is 2.29 bits per heavy atom. The number of rotatable bonds is 6. The first-order valence-electron chi connectivity index (χ1n) is 6.58. The van der Waals surface area contributed by atoms with E-state index < -0.39 is 33.6 Å². The van der Waals surface area contributed by atoms with Gasteiger partial charge in [-0.1, -0.05) is 6.92 Å². The number of amides is 1. The van der Waals surface area contributed by atoms with Crippen molar-refractivity contribution in [1.29, 1.82) is 0 Å². The number of nitrogens with one attached hydrogen (secondary N) is 3. The number of benzene rings is 1. The van der Waals surface area contributed by atoms with Crippen molar-refractivity contribution in [3.8, 4) is 0 Å². The Kier molecular flexibility index (Phi) is 8.00. The molecule has 1 aromatic carbocycles. The monoisotopic (exact) mass is 389 g/mol. The van der Waals surface area contributed by atoms with Crippen molar-refractivity contribution in [3.63, 3.8) is 0 Å². The Balaban J connectivity index is 0.00000529. The van der Waals surface area contributed by atoms with Gasteiger partial charge in [0.15, 0.2) is 0 Å². The molecule has 0 spiro atoms. The quantitative estimate of drug-likeness (QED) is 0.696. The number of alkyl halides is 3. The number of sulfonamides is 1. The summed E-state index contributed by atoms with van der Waals surface area (Å²) in [4.78, 5) is 12.0. The van der Waals surface area contributed by atoms with E-state index in [1.54, 1.807) is 14.0 Å². The molecule has 0 aliphatic carbocycles. The van der Waals surface area contributed by atoms with Crippen molar-refractivity contribution < 1.29 is 26.4 Å². The topological polar surface area (TPSA) is 87.3 Å². The molecule has 0 radical (unpaired) electrons. The van der Waals surface area contributed by atoms with Gasteiger partial charge < -0.3 is 10.6 Å². The zero-order valence-electron chi connectivity index (χ0n) is 13.2. The van der Waals surface area contributed by atoms with Crippen LogP contribution < -0.4 is 15.4 Å². The fraction of sp³-hybridized carbons (Fsp3) is 0.462. The van der Waals surface area contributed by atoms with Crippen LogP contribution >= 0.6 is 12.4 Å². The van der Waals surface area contributed by atoms with Crippen LogP contribution in [0.5, 0.6) is 0 Å². The molecule has 1 unspecified atom stereocenters. The largest absolute Gasteiger partial charge is 0.416 e. The van der Waals surface area contributed by atoms with Gasteiger partial charge in [0, 0.05) is 12.5 Å². The second-order valence-electron chi connectivity index (χ2n) is 5.08. The Bertz CT molecular complexity index is 681. The van der Waals surface area contributed by atoms with Crippen LogP contribution in [0.3, 0.4) is 0 Å². The predicted octanol–water partition coefficient (Wildman–Crippen LogP) is 2.29. The Labute approximate surface area is 144 Å². The average Bonchev–Trinajstić information content (AvgIpc) is 2.38. The molecule has 0 aliphatic rings. The van der Waals surface area contributed by atoms with Gasteiger partial charge >= 0.3 is 6.18 Å².